The lowest BCUT2D eigenvalue weighted by atomic mass is 9.73. The van der Waals surface area contributed by atoms with Crippen molar-refractivity contribution < 1.29 is 29.0 Å². The largest absolute Gasteiger partial charge is 0.475 e. The second kappa shape index (κ2) is 11.1. The Kier molecular flexibility index (Phi) is 7.84. The van der Waals surface area contributed by atoms with Gasteiger partial charge < -0.3 is 25.4 Å². The van der Waals surface area contributed by atoms with Gasteiger partial charge in [0.05, 0.1) is 5.71 Å². The molecule has 0 bridgehead atoms. The molecule has 0 radical (unpaired) electrons. The van der Waals surface area contributed by atoms with E-state index in [1.807, 2.05) is 30.3 Å². The van der Waals surface area contributed by atoms with E-state index in [2.05, 4.69) is 20.7 Å². The predicted octanol–water partition coefficient (Wildman–Crippen LogP) is 1.28. The topological polar surface area (TPSA) is 154 Å². The number of likely N-dealkylation sites (tertiary alicyclic amines) is 1. The number of rotatable bonds is 9. The van der Waals surface area contributed by atoms with Gasteiger partial charge in [0.2, 0.25) is 17.7 Å². The van der Waals surface area contributed by atoms with Crippen LogP contribution in [0.4, 0.5) is 4.79 Å². The third-order valence-electron chi connectivity index (χ3n) is 6.89. The van der Waals surface area contributed by atoms with Gasteiger partial charge in [-0.25, -0.2) is 14.8 Å². The van der Waals surface area contributed by atoms with Gasteiger partial charge in [0, 0.05) is 38.8 Å². The minimum Gasteiger partial charge on any atom is -0.475 e. The van der Waals surface area contributed by atoms with Gasteiger partial charge in [-0.05, 0) is 31.9 Å². The molecule has 2 aromatic rings. The van der Waals surface area contributed by atoms with Crippen molar-refractivity contribution in [1.82, 2.24) is 25.5 Å². The van der Waals surface area contributed by atoms with Crippen LogP contribution in [0.3, 0.4) is 0 Å². The summed E-state index contributed by atoms with van der Waals surface area (Å²) in [4.78, 5) is 57.2. The molecule has 1 aromatic carbocycles. The standard InChI is InChI=1S/C27H32N6O6/c1-26(2,30-25(37)38)23(35)29-19(16-39-21-11-7-8-13-28-21)22(34)33-14-12-20-27(17-33,24(36)32(3)31-20)15-18-9-5-4-6-10-18/h4-11,13,19,30H,12,14-17H2,1-3H3,(H,29,35)(H,37,38)/t19-,27-/m1/s1. The van der Waals surface area contributed by atoms with E-state index in [0.29, 0.717) is 19.4 Å². The average Bonchev–Trinajstić information content (AvgIpc) is 3.15. The maximum atomic E-state index is 13.9. The summed E-state index contributed by atoms with van der Waals surface area (Å²) >= 11 is 0. The lowest BCUT2D eigenvalue weighted by molar-refractivity contribution is -0.143. The minimum atomic E-state index is -1.52. The quantitative estimate of drug-likeness (QED) is 0.436. The van der Waals surface area contributed by atoms with Gasteiger partial charge in [-0.15, -0.1) is 0 Å². The van der Waals surface area contributed by atoms with Gasteiger partial charge >= 0.3 is 6.09 Å². The summed E-state index contributed by atoms with van der Waals surface area (Å²) in [5.41, 5.74) is -0.881. The second-order valence-corrected chi connectivity index (χ2v) is 10.2. The number of aromatic nitrogens is 1. The lowest BCUT2D eigenvalue weighted by Crippen LogP contribution is -2.63. The van der Waals surface area contributed by atoms with Crippen molar-refractivity contribution in [2.45, 2.75) is 38.3 Å². The molecule has 3 N–H and O–H groups in total. The van der Waals surface area contributed by atoms with Gasteiger partial charge in [0.25, 0.3) is 5.91 Å². The van der Waals surface area contributed by atoms with E-state index in [1.165, 1.54) is 25.1 Å². The van der Waals surface area contributed by atoms with Crippen molar-refractivity contribution in [3.63, 3.8) is 0 Å². The number of pyridine rings is 1. The molecule has 2 aliphatic rings. The van der Waals surface area contributed by atoms with Crippen LogP contribution in [-0.2, 0) is 20.8 Å². The van der Waals surface area contributed by atoms with Crippen molar-refractivity contribution in [1.29, 1.82) is 0 Å². The smallest absolute Gasteiger partial charge is 0.405 e. The number of nitrogens with zero attached hydrogens (tertiary/aromatic N) is 4. The third-order valence-corrected chi connectivity index (χ3v) is 6.89. The Bertz CT molecular complexity index is 1270. The number of carbonyl (C=O) groups excluding carboxylic acids is 3. The molecule has 12 heteroatoms. The molecular formula is C27H32N6O6. The van der Waals surface area contributed by atoms with Crippen LogP contribution in [0.5, 0.6) is 5.88 Å². The summed E-state index contributed by atoms with van der Waals surface area (Å²) in [5, 5.41) is 19.7. The molecule has 4 rings (SSSR count). The Labute approximate surface area is 226 Å². The number of amides is 4. The van der Waals surface area contributed by atoms with Crippen LogP contribution in [0.25, 0.3) is 0 Å². The molecule has 1 aromatic heterocycles. The first-order valence-corrected chi connectivity index (χ1v) is 12.6. The van der Waals surface area contributed by atoms with E-state index < -0.39 is 34.9 Å². The highest BCUT2D eigenvalue weighted by Gasteiger charge is 2.54. The van der Waals surface area contributed by atoms with Crippen LogP contribution in [0.15, 0.2) is 59.8 Å². The fourth-order valence-corrected chi connectivity index (χ4v) is 4.87. The first-order chi connectivity index (χ1) is 18.5. The van der Waals surface area contributed by atoms with Crippen molar-refractivity contribution in [3.8, 4) is 5.88 Å². The van der Waals surface area contributed by atoms with Gasteiger partial charge in [-0.3, -0.25) is 14.4 Å². The normalized spacial score (nSPS) is 19.6. The Morgan fingerprint density at radius 1 is 1.15 bits per heavy atom. The number of piperidine rings is 1. The molecule has 206 valence electrons. The molecule has 0 unspecified atom stereocenters. The number of fused-ring (bicyclic) bond motifs is 1. The van der Waals surface area contributed by atoms with Crippen LogP contribution in [-0.4, -0.2) is 87.9 Å². The fourth-order valence-electron chi connectivity index (χ4n) is 4.87. The SMILES string of the molecule is CN1N=C2CCN(C(=O)[C@@H](COc3ccccn3)NC(=O)C(C)(C)NC(=O)O)C[C@@]2(Cc2ccccc2)C1=O. The number of nitrogens with one attached hydrogen (secondary N) is 2. The Morgan fingerprint density at radius 2 is 1.87 bits per heavy atom. The number of ether oxygens (including phenoxy) is 1. The first kappa shape index (κ1) is 27.6. The van der Waals surface area contributed by atoms with Gasteiger partial charge in [-0.2, -0.15) is 5.10 Å². The maximum Gasteiger partial charge on any atom is 0.405 e. The summed E-state index contributed by atoms with van der Waals surface area (Å²) in [6.45, 7) is 2.91. The van der Waals surface area contributed by atoms with Crippen LogP contribution in [0, 0.1) is 5.41 Å². The van der Waals surface area contributed by atoms with E-state index in [-0.39, 0.29) is 24.9 Å². The highest BCUT2D eigenvalue weighted by atomic mass is 16.5. The summed E-state index contributed by atoms with van der Waals surface area (Å²) in [6, 6.07) is 13.4. The zero-order valence-corrected chi connectivity index (χ0v) is 22.1. The molecule has 0 saturated carbocycles. The molecule has 1 saturated heterocycles. The summed E-state index contributed by atoms with van der Waals surface area (Å²) in [5.74, 6) is -1.10. The van der Waals surface area contributed by atoms with Crippen molar-refractivity contribution in [2.75, 3.05) is 26.7 Å². The first-order valence-electron chi connectivity index (χ1n) is 12.6. The summed E-state index contributed by atoms with van der Waals surface area (Å²) in [6.07, 6.45) is 0.919. The molecule has 12 nitrogen and oxygen atoms in total. The van der Waals surface area contributed by atoms with Crippen LogP contribution >= 0.6 is 0 Å². The average molecular weight is 537 g/mol. The van der Waals surface area contributed by atoms with E-state index >= 15 is 0 Å². The van der Waals surface area contributed by atoms with Gasteiger partial charge in [-0.1, -0.05) is 36.4 Å². The number of hydrogen-bond acceptors (Lipinski definition) is 7. The van der Waals surface area contributed by atoms with Gasteiger partial charge in [0.1, 0.15) is 23.6 Å². The molecule has 39 heavy (non-hydrogen) atoms. The van der Waals surface area contributed by atoms with Gasteiger partial charge in [0.15, 0.2) is 0 Å². The monoisotopic (exact) mass is 536 g/mol. The maximum absolute atomic E-state index is 13.9. The van der Waals surface area contributed by atoms with E-state index in [0.717, 1.165) is 11.3 Å². The molecule has 2 atom stereocenters. The number of carboxylic acid groups (broad SMARTS) is 1. The molecule has 0 aliphatic carbocycles. The van der Waals surface area contributed by atoms with E-state index in [1.54, 1.807) is 30.1 Å². The minimum absolute atomic E-state index is 0.0788. The van der Waals surface area contributed by atoms with Crippen molar-refractivity contribution in [2.24, 2.45) is 10.5 Å². The summed E-state index contributed by atoms with van der Waals surface area (Å²) in [7, 11) is 1.60. The van der Waals surface area contributed by atoms with Crippen LogP contribution < -0.4 is 15.4 Å². The molecular weight excluding hydrogens is 504 g/mol. The lowest BCUT2D eigenvalue weighted by Gasteiger charge is -2.40. The van der Waals surface area contributed by atoms with Crippen molar-refractivity contribution in [3.05, 3.63) is 60.3 Å². The number of hydrogen-bond donors (Lipinski definition) is 3. The molecule has 3 heterocycles. The number of benzene rings is 1. The second-order valence-electron chi connectivity index (χ2n) is 10.2. The molecule has 2 aliphatic heterocycles. The Balaban J connectivity index is 1.59. The van der Waals surface area contributed by atoms with E-state index in [4.69, 9.17) is 9.84 Å². The number of carbonyl (C=O) groups is 4. The zero-order valence-electron chi connectivity index (χ0n) is 22.1. The fraction of sp³-hybridized carbons (Fsp3) is 0.407. The van der Waals surface area contributed by atoms with Crippen LogP contribution in [0.1, 0.15) is 25.8 Å². The highest BCUT2D eigenvalue weighted by molar-refractivity contribution is 6.13. The highest BCUT2D eigenvalue weighted by Crippen LogP contribution is 2.38. The predicted molar refractivity (Wildman–Crippen MR) is 141 cm³/mol. The Morgan fingerprint density at radius 3 is 2.54 bits per heavy atom. The van der Waals surface area contributed by atoms with Crippen molar-refractivity contribution >= 4 is 29.5 Å². The Hall–Kier alpha value is -4.48. The summed E-state index contributed by atoms with van der Waals surface area (Å²) < 4.78 is 5.71. The molecule has 1 fully saturated rings. The zero-order chi connectivity index (χ0) is 28.2. The third kappa shape index (κ3) is 6.00. The number of hydrazone groups is 1. The van der Waals surface area contributed by atoms with E-state index in [9.17, 15) is 19.2 Å². The van der Waals surface area contributed by atoms with Crippen LogP contribution in [0.2, 0.25) is 0 Å². The molecule has 4 amide bonds. The molecule has 0 spiro atoms.